The van der Waals surface area contributed by atoms with Crippen molar-refractivity contribution in [3.05, 3.63) is 65.2 Å². The van der Waals surface area contributed by atoms with Gasteiger partial charge in [0, 0.05) is 17.2 Å². The van der Waals surface area contributed by atoms with E-state index >= 15 is 0 Å². The fourth-order valence-corrected chi connectivity index (χ4v) is 2.02. The van der Waals surface area contributed by atoms with E-state index in [9.17, 15) is 14.4 Å². The zero-order valence-corrected chi connectivity index (χ0v) is 12.8. The molecule has 0 fully saturated rings. The van der Waals surface area contributed by atoms with Crippen LogP contribution in [0.5, 0.6) is 5.75 Å². The van der Waals surface area contributed by atoms with Crippen molar-refractivity contribution < 1.29 is 19.1 Å². The van der Waals surface area contributed by atoms with E-state index in [4.69, 9.17) is 4.74 Å². The van der Waals surface area contributed by atoms with E-state index in [2.05, 4.69) is 5.32 Å². The number of rotatable bonds is 5. The fourth-order valence-electron chi connectivity index (χ4n) is 2.02. The molecule has 0 aliphatic carbocycles. The molecule has 5 nitrogen and oxygen atoms in total. The van der Waals surface area contributed by atoms with Crippen molar-refractivity contribution in [2.75, 3.05) is 0 Å². The van der Waals surface area contributed by atoms with Gasteiger partial charge in [-0.15, -0.1) is 0 Å². The smallest absolute Gasteiger partial charge is 0.410 e. The van der Waals surface area contributed by atoms with Crippen molar-refractivity contribution in [3.8, 4) is 5.75 Å². The van der Waals surface area contributed by atoms with Crippen molar-refractivity contribution in [2.45, 2.75) is 19.9 Å². The molecule has 0 aliphatic rings. The molecule has 1 radical (unpaired) electrons. The number of amides is 1. The average Bonchev–Trinajstić information content (AvgIpc) is 2.54. The van der Waals surface area contributed by atoms with E-state index in [1.54, 1.807) is 50.5 Å². The Morgan fingerprint density at radius 1 is 1.00 bits per heavy atom. The molecule has 0 unspecified atom stereocenters. The topological polar surface area (TPSA) is 72.5 Å². The summed E-state index contributed by atoms with van der Waals surface area (Å²) in [7, 11) is 0. The molecular formula is C18H16NO4. The summed E-state index contributed by atoms with van der Waals surface area (Å²) in [6, 6.07) is 12.7. The molecule has 0 atom stereocenters. The van der Waals surface area contributed by atoms with E-state index < -0.39 is 11.9 Å². The first kappa shape index (κ1) is 16.4. The molecule has 1 amide bonds. The molecule has 0 aliphatic heterocycles. The lowest BCUT2D eigenvalue weighted by Gasteiger charge is -2.12. The van der Waals surface area contributed by atoms with Crippen molar-refractivity contribution in [1.29, 1.82) is 0 Å². The van der Waals surface area contributed by atoms with E-state index in [-0.39, 0.29) is 28.5 Å². The van der Waals surface area contributed by atoms with Gasteiger partial charge >= 0.3 is 6.09 Å². The predicted octanol–water partition coefficient (Wildman–Crippen LogP) is 2.87. The number of hydrogen-bond donors (Lipinski definition) is 1. The van der Waals surface area contributed by atoms with Gasteiger partial charge in [0.15, 0.2) is 5.78 Å². The maximum atomic E-state index is 12.7. The number of hydrogen-bond acceptors (Lipinski definition) is 4. The summed E-state index contributed by atoms with van der Waals surface area (Å²) in [5, 5.41) is 2.58. The summed E-state index contributed by atoms with van der Waals surface area (Å²) in [5.74, 6) is -0.270. The third-order valence-corrected chi connectivity index (χ3v) is 3.02. The van der Waals surface area contributed by atoms with Gasteiger partial charge in [0.05, 0.1) is 5.56 Å². The number of para-hydroxylation sites is 1. The largest absolute Gasteiger partial charge is 0.412 e. The Kier molecular flexibility index (Phi) is 5.25. The molecule has 117 valence electrons. The van der Waals surface area contributed by atoms with Gasteiger partial charge in [-0.1, -0.05) is 36.4 Å². The Hall–Kier alpha value is -2.95. The molecule has 2 aromatic rings. The zero-order chi connectivity index (χ0) is 16.8. The summed E-state index contributed by atoms with van der Waals surface area (Å²) in [6.45, 7) is 3.60. The van der Waals surface area contributed by atoms with E-state index in [1.165, 1.54) is 18.2 Å². The van der Waals surface area contributed by atoms with E-state index in [0.717, 1.165) is 0 Å². The monoisotopic (exact) mass is 310 g/mol. The second-order valence-electron chi connectivity index (χ2n) is 5.16. The first-order valence-electron chi connectivity index (χ1n) is 7.12. The first-order chi connectivity index (χ1) is 11.0. The molecule has 0 saturated heterocycles. The molecule has 5 heteroatoms. The normalized spacial score (nSPS) is 10.2. The number of ether oxygens (including phenoxy) is 1. The number of ketones is 1. The van der Waals surface area contributed by atoms with Crippen molar-refractivity contribution >= 4 is 18.2 Å². The second kappa shape index (κ2) is 7.35. The highest BCUT2D eigenvalue weighted by atomic mass is 16.6. The van der Waals surface area contributed by atoms with Crippen molar-refractivity contribution in [2.24, 2.45) is 0 Å². The maximum Gasteiger partial charge on any atom is 0.412 e. The predicted molar refractivity (Wildman–Crippen MR) is 85.4 cm³/mol. The zero-order valence-electron chi connectivity index (χ0n) is 12.8. The second-order valence-corrected chi connectivity index (χ2v) is 5.16. The Labute approximate surface area is 134 Å². The van der Waals surface area contributed by atoms with Gasteiger partial charge in [0.1, 0.15) is 5.75 Å². The molecule has 0 saturated carbocycles. The lowest BCUT2D eigenvalue weighted by atomic mass is 9.98. The van der Waals surface area contributed by atoms with Gasteiger partial charge in [-0.05, 0) is 26.0 Å². The highest BCUT2D eigenvalue weighted by Crippen LogP contribution is 2.23. The van der Waals surface area contributed by atoms with Gasteiger partial charge in [-0.3, -0.25) is 9.59 Å². The minimum Gasteiger partial charge on any atom is -0.410 e. The fraction of sp³-hybridized carbons (Fsp3) is 0.167. The SMILES string of the molecule is CC(C)NC(=O)Oc1ccccc1C(=O)c1ccccc1[C]=O. The standard InChI is InChI=1S/C18H16NO4/c1-12(2)19-18(22)23-16-10-6-5-9-15(16)17(21)14-8-4-3-7-13(14)11-20/h3-10,12H,1-2H3,(H,19,22). The number of nitrogens with one attached hydrogen (secondary N) is 1. The molecule has 1 N–H and O–H groups in total. The quantitative estimate of drug-likeness (QED) is 0.862. The molecule has 0 aromatic heterocycles. The summed E-state index contributed by atoms with van der Waals surface area (Å²) in [6.07, 6.45) is 1.10. The van der Waals surface area contributed by atoms with E-state index in [0.29, 0.717) is 0 Å². The van der Waals surface area contributed by atoms with Crippen LogP contribution in [0.1, 0.15) is 35.3 Å². The van der Waals surface area contributed by atoms with Gasteiger partial charge in [0.2, 0.25) is 6.29 Å². The van der Waals surface area contributed by atoms with Crippen LogP contribution >= 0.6 is 0 Å². The Bertz CT molecular complexity index is 737. The van der Waals surface area contributed by atoms with E-state index in [1.807, 2.05) is 0 Å². The molecular weight excluding hydrogens is 294 g/mol. The maximum absolute atomic E-state index is 12.7. The summed E-state index contributed by atoms with van der Waals surface area (Å²) in [5.41, 5.74) is 0.579. The summed E-state index contributed by atoms with van der Waals surface area (Å²) in [4.78, 5) is 35.4. The molecule has 0 heterocycles. The molecule has 0 spiro atoms. The van der Waals surface area contributed by atoms with Crippen LogP contribution in [0.15, 0.2) is 48.5 Å². The minimum absolute atomic E-state index is 0.0873. The summed E-state index contributed by atoms with van der Waals surface area (Å²) >= 11 is 0. The van der Waals surface area contributed by atoms with Crippen molar-refractivity contribution in [1.82, 2.24) is 5.32 Å². The highest BCUT2D eigenvalue weighted by Gasteiger charge is 2.19. The minimum atomic E-state index is -0.643. The van der Waals surface area contributed by atoms with Crippen LogP contribution in [-0.4, -0.2) is 24.2 Å². The molecule has 2 aromatic carbocycles. The molecule has 2 rings (SSSR count). The van der Waals surface area contributed by atoms with Crippen LogP contribution in [0.4, 0.5) is 4.79 Å². The van der Waals surface area contributed by atoms with Crippen LogP contribution in [0, 0.1) is 0 Å². The van der Waals surface area contributed by atoms with Crippen LogP contribution in [-0.2, 0) is 4.79 Å². The van der Waals surface area contributed by atoms with Crippen LogP contribution in [0.25, 0.3) is 0 Å². The third kappa shape index (κ3) is 4.03. The Morgan fingerprint density at radius 2 is 1.61 bits per heavy atom. The Morgan fingerprint density at radius 3 is 2.26 bits per heavy atom. The molecule has 0 bridgehead atoms. The number of carbonyl (C=O) groups excluding carboxylic acids is 3. The number of carbonyl (C=O) groups is 2. The molecule has 23 heavy (non-hydrogen) atoms. The third-order valence-electron chi connectivity index (χ3n) is 3.02. The summed E-state index contributed by atoms with van der Waals surface area (Å²) < 4.78 is 5.20. The highest BCUT2D eigenvalue weighted by molar-refractivity contribution is 6.14. The van der Waals surface area contributed by atoms with Gasteiger partial charge < -0.3 is 10.1 Å². The first-order valence-corrected chi connectivity index (χ1v) is 7.12. The van der Waals surface area contributed by atoms with Crippen LogP contribution in [0.3, 0.4) is 0 Å². The number of benzene rings is 2. The lowest BCUT2D eigenvalue weighted by molar-refractivity contribution is 0.103. The van der Waals surface area contributed by atoms with Crippen LogP contribution < -0.4 is 10.1 Å². The van der Waals surface area contributed by atoms with Gasteiger partial charge in [-0.2, -0.15) is 0 Å². The van der Waals surface area contributed by atoms with Gasteiger partial charge in [-0.25, -0.2) is 4.79 Å². The Balaban J connectivity index is 2.34. The van der Waals surface area contributed by atoms with Crippen molar-refractivity contribution in [3.63, 3.8) is 0 Å². The van der Waals surface area contributed by atoms with Gasteiger partial charge in [0.25, 0.3) is 0 Å². The van der Waals surface area contributed by atoms with Crippen LogP contribution in [0.2, 0.25) is 0 Å². The lowest BCUT2D eigenvalue weighted by Crippen LogP contribution is -2.33. The average molecular weight is 310 g/mol.